The zero-order valence-corrected chi connectivity index (χ0v) is 24.9. The number of piperidine rings is 1. The van der Waals surface area contributed by atoms with Crippen LogP contribution in [0.2, 0.25) is 0 Å². The molecule has 12 heteroatoms. The summed E-state index contributed by atoms with van der Waals surface area (Å²) in [5, 5.41) is 2.47. The second-order valence-corrected chi connectivity index (χ2v) is 11.2. The normalized spacial score (nSPS) is 16.8. The van der Waals surface area contributed by atoms with Gasteiger partial charge < -0.3 is 25.6 Å². The topological polar surface area (TPSA) is 149 Å². The molecule has 4 amide bonds. The predicted molar refractivity (Wildman–Crippen MR) is 163 cm³/mol. The van der Waals surface area contributed by atoms with E-state index in [0.717, 1.165) is 75.1 Å². The minimum absolute atomic E-state index is 0.0599. The highest BCUT2D eigenvalue weighted by Gasteiger charge is 2.31. The van der Waals surface area contributed by atoms with Gasteiger partial charge in [-0.1, -0.05) is 0 Å². The molecular weight excluding hydrogens is 550 g/mol. The van der Waals surface area contributed by atoms with Gasteiger partial charge in [0, 0.05) is 76.7 Å². The number of primary amides is 1. The molecule has 2 aliphatic heterocycles. The van der Waals surface area contributed by atoms with Gasteiger partial charge in [-0.25, -0.2) is 4.98 Å². The Morgan fingerprint density at radius 2 is 1.77 bits per heavy atom. The first kappa shape index (κ1) is 31.6. The Kier molecular flexibility index (Phi) is 10.8. The predicted octanol–water partition coefficient (Wildman–Crippen LogP) is 1.22. The molecule has 1 atom stereocenters. The van der Waals surface area contributed by atoms with Gasteiger partial charge in [0.2, 0.25) is 18.2 Å². The Balaban J connectivity index is 1.28. The van der Waals surface area contributed by atoms with Crippen LogP contribution >= 0.6 is 0 Å². The summed E-state index contributed by atoms with van der Waals surface area (Å²) in [4.78, 5) is 72.0. The molecule has 0 aliphatic carbocycles. The summed E-state index contributed by atoms with van der Waals surface area (Å²) in [6.07, 6.45) is 4.87. The number of hydrogen-bond acceptors (Lipinski definition) is 9. The fraction of sp³-hybridized carbons (Fsp3) is 0.484. The number of piperazine rings is 1. The number of carbonyl (C=O) groups is 5. The van der Waals surface area contributed by atoms with Crippen LogP contribution in [0.5, 0.6) is 0 Å². The van der Waals surface area contributed by atoms with Gasteiger partial charge in [-0.3, -0.25) is 29.0 Å². The lowest BCUT2D eigenvalue weighted by molar-refractivity contribution is -0.131. The summed E-state index contributed by atoms with van der Waals surface area (Å²) < 4.78 is 0. The Morgan fingerprint density at radius 3 is 2.33 bits per heavy atom. The highest BCUT2D eigenvalue weighted by Crippen LogP contribution is 2.25. The van der Waals surface area contributed by atoms with E-state index in [0.29, 0.717) is 35.3 Å². The minimum Gasteiger partial charge on any atom is -0.369 e. The van der Waals surface area contributed by atoms with Crippen LogP contribution in [0.15, 0.2) is 36.5 Å². The smallest absolute Gasteiger partial charge is 0.261 e. The highest BCUT2D eigenvalue weighted by atomic mass is 16.2. The van der Waals surface area contributed by atoms with Crippen molar-refractivity contribution >= 4 is 41.9 Å². The van der Waals surface area contributed by atoms with Crippen LogP contribution in [0.3, 0.4) is 0 Å². The summed E-state index contributed by atoms with van der Waals surface area (Å²) >= 11 is 0. The maximum absolute atomic E-state index is 13.3. The molecule has 0 saturated carbocycles. The standard InChI is InChI=1S/C31H41N7O5/c1-22-18-25(6-7-26(22)31(43)38(21-40)27(4-3-17-39)30(42)33-2)36-15-13-35(14-16-36)20-23-9-11-37(12-10-23)28-8-5-24(19-34-28)29(32)41/h5-8,17-19,21,23,27H,3-4,9-16,20H2,1-2H3,(H2,32,41)(H,33,42). The number of nitrogens with zero attached hydrogens (tertiary/aromatic N) is 5. The number of amides is 4. The molecule has 2 aliphatic rings. The van der Waals surface area contributed by atoms with Crippen LogP contribution in [-0.2, 0) is 14.4 Å². The van der Waals surface area contributed by atoms with Crippen molar-refractivity contribution in [2.24, 2.45) is 11.7 Å². The highest BCUT2D eigenvalue weighted by molar-refractivity contribution is 6.04. The van der Waals surface area contributed by atoms with E-state index in [1.807, 2.05) is 25.1 Å². The number of aryl methyl sites for hydroxylation is 1. The average Bonchev–Trinajstić information content (AvgIpc) is 3.03. The second kappa shape index (κ2) is 14.7. The van der Waals surface area contributed by atoms with Gasteiger partial charge in [0.1, 0.15) is 18.1 Å². The van der Waals surface area contributed by atoms with E-state index in [4.69, 9.17) is 5.73 Å². The van der Waals surface area contributed by atoms with Crippen LogP contribution in [0.25, 0.3) is 0 Å². The first-order chi connectivity index (χ1) is 20.7. The lowest BCUT2D eigenvalue weighted by Crippen LogP contribution is -2.49. The van der Waals surface area contributed by atoms with Crippen molar-refractivity contribution in [3.05, 3.63) is 53.2 Å². The number of aromatic nitrogens is 1. The number of nitrogens with two attached hydrogens (primary N) is 1. The zero-order chi connectivity index (χ0) is 30.9. The number of carbonyl (C=O) groups excluding carboxylic acids is 5. The van der Waals surface area contributed by atoms with Crippen molar-refractivity contribution < 1.29 is 24.0 Å². The molecule has 43 heavy (non-hydrogen) atoms. The number of imide groups is 1. The molecule has 0 bridgehead atoms. The van der Waals surface area contributed by atoms with E-state index in [1.54, 1.807) is 12.1 Å². The zero-order valence-electron chi connectivity index (χ0n) is 24.9. The molecule has 1 unspecified atom stereocenters. The fourth-order valence-corrected chi connectivity index (χ4v) is 5.89. The molecular formula is C31H41N7O5. The summed E-state index contributed by atoms with van der Waals surface area (Å²) in [6, 6.07) is 8.08. The van der Waals surface area contributed by atoms with Crippen LogP contribution in [0.4, 0.5) is 11.5 Å². The average molecular weight is 592 g/mol. The third-order valence-corrected chi connectivity index (χ3v) is 8.46. The molecule has 0 radical (unpaired) electrons. The third-order valence-electron chi connectivity index (χ3n) is 8.46. The molecule has 12 nitrogen and oxygen atoms in total. The van der Waals surface area contributed by atoms with Crippen LogP contribution < -0.4 is 20.9 Å². The van der Waals surface area contributed by atoms with E-state index in [1.165, 1.54) is 13.2 Å². The largest absolute Gasteiger partial charge is 0.369 e. The molecule has 3 N–H and O–H groups in total. The number of pyridine rings is 1. The van der Waals surface area contributed by atoms with Gasteiger partial charge in [-0.2, -0.15) is 0 Å². The maximum atomic E-state index is 13.3. The van der Waals surface area contributed by atoms with E-state index < -0.39 is 23.8 Å². The molecule has 4 rings (SSSR count). The minimum atomic E-state index is -1.05. The number of anilines is 2. The van der Waals surface area contributed by atoms with E-state index in [-0.39, 0.29) is 12.8 Å². The Labute approximate surface area is 252 Å². The van der Waals surface area contributed by atoms with Crippen molar-refractivity contribution in [1.29, 1.82) is 0 Å². The number of likely N-dealkylation sites (N-methyl/N-ethyl adjacent to an activating group) is 1. The fourth-order valence-electron chi connectivity index (χ4n) is 5.89. The molecule has 230 valence electrons. The molecule has 2 fully saturated rings. The van der Waals surface area contributed by atoms with Gasteiger partial charge in [0.25, 0.3) is 5.91 Å². The molecule has 1 aromatic carbocycles. The Hall–Kier alpha value is -4.32. The van der Waals surface area contributed by atoms with E-state index in [2.05, 4.69) is 25.0 Å². The SMILES string of the molecule is CNC(=O)C(CCC=O)N(C=O)C(=O)c1ccc(N2CCN(CC3CCN(c4ccc(C(N)=O)cn4)CC3)CC2)cc1C. The summed E-state index contributed by atoms with van der Waals surface area (Å²) in [7, 11) is 1.43. The van der Waals surface area contributed by atoms with Crippen molar-refractivity contribution in [1.82, 2.24) is 20.1 Å². The summed E-state index contributed by atoms with van der Waals surface area (Å²) in [5.41, 5.74) is 7.81. The van der Waals surface area contributed by atoms with Crippen molar-refractivity contribution in [2.45, 2.75) is 38.6 Å². The number of rotatable bonds is 12. The Morgan fingerprint density at radius 1 is 1.05 bits per heavy atom. The number of aldehydes is 1. The van der Waals surface area contributed by atoms with Gasteiger partial charge >= 0.3 is 0 Å². The van der Waals surface area contributed by atoms with Gasteiger partial charge in [-0.05, 0) is 68.0 Å². The van der Waals surface area contributed by atoms with Crippen molar-refractivity contribution in [2.75, 3.05) is 62.7 Å². The molecule has 0 spiro atoms. The summed E-state index contributed by atoms with van der Waals surface area (Å²) in [5.74, 6) is -0.0303. The van der Waals surface area contributed by atoms with Gasteiger partial charge in [-0.15, -0.1) is 0 Å². The molecule has 2 saturated heterocycles. The van der Waals surface area contributed by atoms with Crippen molar-refractivity contribution in [3.63, 3.8) is 0 Å². The van der Waals surface area contributed by atoms with Gasteiger partial charge in [0.05, 0.1) is 5.56 Å². The number of nitrogens with one attached hydrogen (secondary N) is 1. The lowest BCUT2D eigenvalue weighted by atomic mass is 9.96. The van der Waals surface area contributed by atoms with Crippen LogP contribution in [0, 0.1) is 12.8 Å². The first-order valence-electron chi connectivity index (χ1n) is 14.8. The third kappa shape index (κ3) is 7.75. The molecule has 1 aromatic heterocycles. The van der Waals surface area contributed by atoms with Crippen LogP contribution in [-0.4, -0.2) is 104 Å². The molecule has 2 aromatic rings. The van der Waals surface area contributed by atoms with Crippen molar-refractivity contribution in [3.8, 4) is 0 Å². The van der Waals surface area contributed by atoms with E-state index >= 15 is 0 Å². The second-order valence-electron chi connectivity index (χ2n) is 11.2. The monoisotopic (exact) mass is 591 g/mol. The quantitative estimate of drug-likeness (QED) is 0.348. The molecule has 3 heterocycles. The number of benzene rings is 1. The van der Waals surface area contributed by atoms with Gasteiger partial charge in [0.15, 0.2) is 0 Å². The lowest BCUT2D eigenvalue weighted by Gasteiger charge is -2.40. The first-order valence-corrected chi connectivity index (χ1v) is 14.8. The summed E-state index contributed by atoms with van der Waals surface area (Å²) in [6.45, 7) is 8.36. The van der Waals surface area contributed by atoms with E-state index in [9.17, 15) is 24.0 Å². The maximum Gasteiger partial charge on any atom is 0.261 e. The number of hydrogen-bond donors (Lipinski definition) is 2. The van der Waals surface area contributed by atoms with Crippen LogP contribution in [0.1, 0.15) is 52.0 Å². The Bertz CT molecular complexity index is 1300.